The van der Waals surface area contributed by atoms with Crippen LogP contribution in [0.5, 0.6) is 0 Å². The molecule has 1 N–H and O–H groups in total. The highest BCUT2D eigenvalue weighted by atomic mass is 16.3. The van der Waals surface area contributed by atoms with Crippen molar-refractivity contribution in [2.45, 2.75) is 25.4 Å². The molecule has 0 aliphatic heterocycles. The summed E-state index contributed by atoms with van der Waals surface area (Å²) in [4.78, 5) is 4.21. The van der Waals surface area contributed by atoms with Crippen molar-refractivity contribution in [3.63, 3.8) is 0 Å². The van der Waals surface area contributed by atoms with Crippen molar-refractivity contribution in [3.05, 3.63) is 29.7 Å². The van der Waals surface area contributed by atoms with Crippen molar-refractivity contribution in [1.29, 1.82) is 0 Å². The maximum Gasteiger partial charge on any atom is 0.192 e. The van der Waals surface area contributed by atoms with Crippen molar-refractivity contribution in [1.82, 2.24) is 4.98 Å². The van der Waals surface area contributed by atoms with Gasteiger partial charge in [-0.1, -0.05) is 6.07 Å². The third-order valence-corrected chi connectivity index (χ3v) is 2.76. The zero-order valence-electron chi connectivity index (χ0n) is 7.95. The van der Waals surface area contributed by atoms with Crippen LogP contribution in [0.2, 0.25) is 0 Å². The monoisotopic (exact) mass is 189 g/mol. The molecule has 0 radical (unpaired) electrons. The number of aliphatic hydroxyl groups is 1. The number of oxazole rings is 1. The fraction of sp³-hybridized carbons (Fsp3) is 0.364. The number of hydrogen-bond acceptors (Lipinski definition) is 3. The average Bonchev–Trinajstić information content (AvgIpc) is 2.79. The molecule has 1 saturated carbocycles. The number of benzene rings is 1. The number of aryl methyl sites for hydroxylation is 1. The first-order valence-electron chi connectivity index (χ1n) is 4.77. The van der Waals surface area contributed by atoms with Crippen LogP contribution in [0.4, 0.5) is 0 Å². The van der Waals surface area contributed by atoms with E-state index in [4.69, 9.17) is 4.42 Å². The van der Waals surface area contributed by atoms with E-state index in [0.29, 0.717) is 5.89 Å². The largest absolute Gasteiger partial charge is 0.441 e. The zero-order valence-corrected chi connectivity index (χ0v) is 7.95. The molecule has 72 valence electrons. The lowest BCUT2D eigenvalue weighted by molar-refractivity contribution is 0.151. The van der Waals surface area contributed by atoms with E-state index in [9.17, 15) is 5.11 Å². The zero-order chi connectivity index (χ0) is 9.76. The lowest BCUT2D eigenvalue weighted by Gasteiger charge is -2.06. The van der Waals surface area contributed by atoms with Crippen molar-refractivity contribution in [2.24, 2.45) is 0 Å². The summed E-state index contributed by atoms with van der Waals surface area (Å²) in [6.07, 6.45) is 1.71. The molecule has 0 amide bonds. The molecule has 2 aromatic rings. The molecule has 1 aliphatic rings. The van der Waals surface area contributed by atoms with Crippen molar-refractivity contribution < 1.29 is 9.52 Å². The Morgan fingerprint density at radius 2 is 2.21 bits per heavy atom. The summed E-state index contributed by atoms with van der Waals surface area (Å²) in [5.74, 6) is 0.667. The summed E-state index contributed by atoms with van der Waals surface area (Å²) in [7, 11) is 0. The molecular weight excluding hydrogens is 178 g/mol. The molecule has 3 heteroatoms. The molecule has 0 bridgehead atoms. The molecule has 1 aromatic carbocycles. The van der Waals surface area contributed by atoms with Crippen molar-refractivity contribution in [2.75, 3.05) is 0 Å². The number of aromatic nitrogens is 1. The minimum absolute atomic E-state index is 0.588. The molecular formula is C11H11NO2. The Bertz CT molecular complexity index is 497. The van der Waals surface area contributed by atoms with E-state index in [-0.39, 0.29) is 0 Å². The molecule has 3 nitrogen and oxygen atoms in total. The van der Waals surface area contributed by atoms with Gasteiger partial charge in [-0.3, -0.25) is 0 Å². The first-order chi connectivity index (χ1) is 6.67. The van der Waals surface area contributed by atoms with Crippen molar-refractivity contribution >= 4 is 11.1 Å². The molecule has 0 unspecified atom stereocenters. The van der Waals surface area contributed by atoms with Crippen LogP contribution in [0.1, 0.15) is 24.3 Å². The second-order valence-electron chi connectivity index (χ2n) is 3.95. The van der Waals surface area contributed by atoms with E-state index in [2.05, 4.69) is 4.98 Å². The Morgan fingerprint density at radius 1 is 1.43 bits per heavy atom. The van der Waals surface area contributed by atoms with Gasteiger partial charge in [0.2, 0.25) is 0 Å². The maximum atomic E-state index is 9.90. The Labute approximate surface area is 81.4 Å². The maximum absolute atomic E-state index is 9.90. The number of nitrogens with zero attached hydrogens (tertiary/aromatic N) is 1. The van der Waals surface area contributed by atoms with Gasteiger partial charge >= 0.3 is 0 Å². The molecule has 1 fully saturated rings. The fourth-order valence-corrected chi connectivity index (χ4v) is 1.74. The lowest BCUT2D eigenvalue weighted by atomic mass is 10.1. The van der Waals surface area contributed by atoms with E-state index in [1.165, 1.54) is 0 Å². The predicted molar refractivity (Wildman–Crippen MR) is 51.9 cm³/mol. The van der Waals surface area contributed by atoms with Gasteiger partial charge in [0.25, 0.3) is 0 Å². The minimum Gasteiger partial charge on any atom is -0.441 e. The number of fused-ring (bicyclic) bond motifs is 1. The van der Waals surface area contributed by atoms with Gasteiger partial charge in [-0.2, -0.15) is 0 Å². The molecule has 0 saturated heterocycles. The van der Waals surface area contributed by atoms with E-state index in [1.54, 1.807) is 0 Å². The highest BCUT2D eigenvalue weighted by molar-refractivity contribution is 5.73. The molecule has 1 aromatic heterocycles. The molecule has 0 spiro atoms. The first-order valence-corrected chi connectivity index (χ1v) is 4.77. The summed E-state index contributed by atoms with van der Waals surface area (Å²) in [6, 6.07) is 5.72. The van der Waals surface area contributed by atoms with Crippen LogP contribution >= 0.6 is 0 Å². The summed E-state index contributed by atoms with van der Waals surface area (Å²) in [6.45, 7) is 1.82. The Kier molecular flexibility index (Phi) is 1.35. The first kappa shape index (κ1) is 8.00. The van der Waals surface area contributed by atoms with Crippen LogP contribution in [0.3, 0.4) is 0 Å². The highest BCUT2D eigenvalue weighted by Crippen LogP contribution is 2.45. The SMILES string of the molecule is Cc1nc2ccc(C3(O)CC3)cc2o1. The van der Waals surface area contributed by atoms with Gasteiger partial charge in [-0.25, -0.2) is 4.98 Å². The van der Waals surface area contributed by atoms with Crippen LogP contribution in [0.25, 0.3) is 11.1 Å². The van der Waals surface area contributed by atoms with Gasteiger partial charge < -0.3 is 9.52 Å². The van der Waals surface area contributed by atoms with E-state index in [1.807, 2.05) is 25.1 Å². The van der Waals surface area contributed by atoms with Gasteiger partial charge in [-0.15, -0.1) is 0 Å². The highest BCUT2D eigenvalue weighted by Gasteiger charge is 2.42. The quantitative estimate of drug-likeness (QED) is 0.747. The smallest absolute Gasteiger partial charge is 0.192 e. The predicted octanol–water partition coefficient (Wildman–Crippen LogP) is 2.12. The topological polar surface area (TPSA) is 46.3 Å². The summed E-state index contributed by atoms with van der Waals surface area (Å²) >= 11 is 0. The van der Waals surface area contributed by atoms with E-state index >= 15 is 0 Å². The van der Waals surface area contributed by atoms with Gasteiger partial charge in [-0.05, 0) is 30.5 Å². The summed E-state index contributed by atoms with van der Waals surface area (Å²) in [5.41, 5.74) is 1.98. The molecule has 1 aliphatic carbocycles. The molecule has 1 heterocycles. The summed E-state index contributed by atoms with van der Waals surface area (Å²) in [5, 5.41) is 9.90. The standard InChI is InChI=1S/C11H11NO2/c1-7-12-9-3-2-8(6-10(9)14-7)11(13)4-5-11/h2-3,6,13H,4-5H2,1H3. The van der Waals surface area contributed by atoms with E-state index in [0.717, 1.165) is 29.5 Å². The second kappa shape index (κ2) is 2.36. The van der Waals surface area contributed by atoms with Crippen LogP contribution in [-0.2, 0) is 5.60 Å². The van der Waals surface area contributed by atoms with Gasteiger partial charge in [0.15, 0.2) is 11.5 Å². The Hall–Kier alpha value is -1.35. The van der Waals surface area contributed by atoms with Crippen molar-refractivity contribution in [3.8, 4) is 0 Å². The minimum atomic E-state index is -0.588. The van der Waals surface area contributed by atoms with Crippen LogP contribution < -0.4 is 0 Å². The van der Waals surface area contributed by atoms with Gasteiger partial charge in [0.05, 0.1) is 5.60 Å². The lowest BCUT2D eigenvalue weighted by Crippen LogP contribution is -2.03. The fourth-order valence-electron chi connectivity index (χ4n) is 1.74. The normalized spacial score (nSPS) is 18.7. The number of rotatable bonds is 1. The van der Waals surface area contributed by atoms with Crippen LogP contribution in [0, 0.1) is 6.92 Å². The molecule has 0 atom stereocenters. The van der Waals surface area contributed by atoms with E-state index < -0.39 is 5.60 Å². The number of hydrogen-bond donors (Lipinski definition) is 1. The van der Waals surface area contributed by atoms with Crippen LogP contribution in [-0.4, -0.2) is 10.1 Å². The third-order valence-electron chi connectivity index (χ3n) is 2.76. The summed E-state index contributed by atoms with van der Waals surface area (Å²) < 4.78 is 5.41. The molecule has 3 rings (SSSR count). The molecule has 14 heavy (non-hydrogen) atoms. The average molecular weight is 189 g/mol. The van der Waals surface area contributed by atoms with Gasteiger partial charge in [0, 0.05) is 6.92 Å². The Morgan fingerprint density at radius 3 is 2.93 bits per heavy atom. The second-order valence-corrected chi connectivity index (χ2v) is 3.95. The van der Waals surface area contributed by atoms with Gasteiger partial charge in [0.1, 0.15) is 5.52 Å². The third kappa shape index (κ3) is 1.06. The van der Waals surface area contributed by atoms with Crippen LogP contribution in [0.15, 0.2) is 22.6 Å². The Balaban J connectivity index is 2.19.